The Bertz CT molecular complexity index is 158. The second-order valence-electron chi connectivity index (χ2n) is 1.51. The molecule has 0 radical (unpaired) electrons. The summed E-state index contributed by atoms with van der Waals surface area (Å²) in [5.41, 5.74) is 0. The van der Waals surface area contributed by atoms with Crippen LogP contribution in [0, 0.1) is 0 Å². The van der Waals surface area contributed by atoms with E-state index in [9.17, 15) is 14.0 Å². The molecule has 0 aromatic carbocycles. The Kier molecular flexibility index (Phi) is 2.93. The summed E-state index contributed by atoms with van der Waals surface area (Å²) in [5, 5.41) is -1.56. The minimum atomic E-state index is -4.41. The van der Waals surface area contributed by atoms with Crippen molar-refractivity contribution in [1.29, 1.82) is 0 Å². The molecule has 0 aliphatic carbocycles. The highest BCUT2D eigenvalue weighted by Crippen LogP contribution is 2.49. The first-order chi connectivity index (χ1) is 3.85. The van der Waals surface area contributed by atoms with Crippen molar-refractivity contribution in [1.82, 2.24) is 0 Å². The maximum absolute atomic E-state index is 10.1. The quantitative estimate of drug-likeness (QED) is 0.553. The lowest BCUT2D eigenvalue weighted by molar-refractivity contribution is -0.165. The van der Waals surface area contributed by atoms with Crippen molar-refractivity contribution >= 4 is 15.6 Å². The molecule has 0 amide bonds. The lowest BCUT2D eigenvalue weighted by atomic mass is 11.0. The van der Waals surface area contributed by atoms with Crippen LogP contribution in [0.1, 0.15) is 6.92 Å². The SMILES string of the molecule is CC([P+](=O)[O-])P(=O)(O)O. The van der Waals surface area contributed by atoms with Crippen LogP contribution in [-0.4, -0.2) is 15.2 Å². The van der Waals surface area contributed by atoms with Crippen molar-refractivity contribution in [2.75, 3.05) is 0 Å². The lowest BCUT2D eigenvalue weighted by Crippen LogP contribution is -2.03. The van der Waals surface area contributed by atoms with Crippen LogP contribution in [0.25, 0.3) is 0 Å². The van der Waals surface area contributed by atoms with Gasteiger partial charge in [-0.15, -0.1) is 0 Å². The van der Waals surface area contributed by atoms with Crippen LogP contribution in [0.2, 0.25) is 0 Å². The van der Waals surface area contributed by atoms with Gasteiger partial charge in [-0.3, -0.25) is 4.57 Å². The van der Waals surface area contributed by atoms with Gasteiger partial charge in [0, 0.05) is 0 Å². The summed E-state index contributed by atoms with van der Waals surface area (Å²) >= 11 is 0. The molecule has 0 rings (SSSR count). The summed E-state index contributed by atoms with van der Waals surface area (Å²) in [5.74, 6) is 0. The van der Waals surface area contributed by atoms with Gasteiger partial charge in [0.05, 0.1) is 0 Å². The topological polar surface area (TPSA) is 97.7 Å². The Morgan fingerprint density at radius 2 is 2.00 bits per heavy atom. The smallest absolute Gasteiger partial charge is 0.375 e. The van der Waals surface area contributed by atoms with Crippen LogP contribution in [-0.2, 0) is 9.13 Å². The minimum Gasteiger partial charge on any atom is -0.595 e. The van der Waals surface area contributed by atoms with Gasteiger partial charge in [0.1, 0.15) is 0 Å². The van der Waals surface area contributed by atoms with E-state index in [0.29, 0.717) is 0 Å². The molecule has 0 aliphatic rings. The zero-order valence-corrected chi connectivity index (χ0v) is 6.38. The van der Waals surface area contributed by atoms with Crippen molar-refractivity contribution in [3.05, 3.63) is 0 Å². The molecule has 2 N–H and O–H groups in total. The summed E-state index contributed by atoms with van der Waals surface area (Å²) in [7, 11) is -7.42. The molecule has 5 nitrogen and oxygen atoms in total. The highest BCUT2D eigenvalue weighted by atomic mass is 31.2. The van der Waals surface area contributed by atoms with Gasteiger partial charge in [0.15, 0.2) is 0 Å². The van der Waals surface area contributed by atoms with E-state index in [4.69, 9.17) is 9.79 Å². The van der Waals surface area contributed by atoms with Gasteiger partial charge in [0.25, 0.3) is 0 Å². The first-order valence-electron chi connectivity index (χ1n) is 2.04. The van der Waals surface area contributed by atoms with E-state index < -0.39 is 21.0 Å². The Balaban J connectivity index is 4.23. The van der Waals surface area contributed by atoms with E-state index in [1.165, 1.54) is 0 Å². The largest absolute Gasteiger partial charge is 0.595 e. The van der Waals surface area contributed by atoms with E-state index in [1.54, 1.807) is 0 Å². The summed E-state index contributed by atoms with van der Waals surface area (Å²) in [4.78, 5) is 26.3. The molecule has 7 heteroatoms. The molecule has 0 aliphatic heterocycles. The average Bonchev–Trinajstić information content (AvgIpc) is 1.62. The minimum absolute atomic E-state index is 0.965. The van der Waals surface area contributed by atoms with Crippen LogP contribution < -0.4 is 4.89 Å². The molecule has 9 heavy (non-hydrogen) atoms. The third-order valence-electron chi connectivity index (χ3n) is 0.792. The number of hydrogen-bond acceptors (Lipinski definition) is 3. The van der Waals surface area contributed by atoms with Crippen LogP contribution in [0.3, 0.4) is 0 Å². The first-order valence-corrected chi connectivity index (χ1v) is 4.97. The van der Waals surface area contributed by atoms with Crippen molar-refractivity contribution in [3.8, 4) is 0 Å². The standard InChI is InChI=1S/C2H6O5P2/c1-2(8(3)4)9(5,6)7/h2H,1H3,(H2,5,6,7). The molecular formula is C2H6O5P2. The molecule has 0 saturated carbocycles. The van der Waals surface area contributed by atoms with Gasteiger partial charge in [-0.25, -0.2) is 0 Å². The average molecular weight is 172 g/mol. The molecule has 0 aromatic heterocycles. The molecule has 0 fully saturated rings. The third-order valence-corrected chi connectivity index (χ3v) is 3.84. The highest BCUT2D eigenvalue weighted by Gasteiger charge is 2.34. The van der Waals surface area contributed by atoms with Gasteiger partial charge < -0.3 is 14.7 Å². The van der Waals surface area contributed by atoms with E-state index in [1.807, 2.05) is 0 Å². The molecule has 2 unspecified atom stereocenters. The maximum atomic E-state index is 10.1. The molecule has 0 bridgehead atoms. The Labute approximate surface area is 52.7 Å². The normalized spacial score (nSPS) is 17.1. The molecule has 2 atom stereocenters. The fourth-order valence-corrected chi connectivity index (χ4v) is 1.11. The van der Waals surface area contributed by atoms with Crippen molar-refractivity contribution in [2.45, 2.75) is 12.3 Å². The monoisotopic (exact) mass is 172 g/mol. The second kappa shape index (κ2) is 2.86. The summed E-state index contributed by atoms with van der Waals surface area (Å²) in [6.45, 7) is 0.965. The molecule has 54 valence electrons. The molecule has 0 spiro atoms. The Morgan fingerprint density at radius 1 is 1.67 bits per heavy atom. The Hall–Kier alpha value is 0.210. The summed E-state index contributed by atoms with van der Waals surface area (Å²) in [6, 6.07) is 0. The lowest BCUT2D eigenvalue weighted by Gasteiger charge is -2.02. The van der Waals surface area contributed by atoms with Gasteiger partial charge >= 0.3 is 15.6 Å². The molecular weight excluding hydrogens is 166 g/mol. The molecule has 0 saturated heterocycles. The first kappa shape index (κ1) is 9.21. The zero-order valence-electron chi connectivity index (χ0n) is 4.59. The maximum Gasteiger partial charge on any atom is 0.375 e. The molecule has 0 aromatic rings. The van der Waals surface area contributed by atoms with Crippen molar-refractivity contribution in [2.24, 2.45) is 0 Å². The van der Waals surface area contributed by atoms with Gasteiger partial charge in [-0.2, -0.15) is 0 Å². The predicted molar refractivity (Wildman–Crippen MR) is 29.1 cm³/mol. The number of rotatable bonds is 2. The van der Waals surface area contributed by atoms with Gasteiger partial charge in [0.2, 0.25) is 5.40 Å². The van der Waals surface area contributed by atoms with Crippen LogP contribution in [0.15, 0.2) is 0 Å². The van der Waals surface area contributed by atoms with Gasteiger partial charge in [-0.05, 0) is 6.92 Å². The second-order valence-corrected chi connectivity index (χ2v) is 5.21. The van der Waals surface area contributed by atoms with Crippen LogP contribution in [0.4, 0.5) is 0 Å². The van der Waals surface area contributed by atoms with E-state index in [2.05, 4.69) is 0 Å². The summed E-state index contributed by atoms with van der Waals surface area (Å²) in [6.07, 6.45) is 0. The van der Waals surface area contributed by atoms with E-state index >= 15 is 0 Å². The fraction of sp³-hybridized carbons (Fsp3) is 1.00. The van der Waals surface area contributed by atoms with E-state index in [-0.39, 0.29) is 0 Å². The van der Waals surface area contributed by atoms with Gasteiger partial charge in [-0.1, -0.05) is 4.57 Å². The fourth-order valence-electron chi connectivity index (χ4n) is 0.123. The van der Waals surface area contributed by atoms with Crippen molar-refractivity contribution < 1.29 is 23.8 Å². The highest BCUT2D eigenvalue weighted by molar-refractivity contribution is 7.64. The third kappa shape index (κ3) is 3.04. The summed E-state index contributed by atoms with van der Waals surface area (Å²) < 4.78 is 20.0. The van der Waals surface area contributed by atoms with Crippen LogP contribution >= 0.6 is 15.6 Å². The molecule has 0 heterocycles. The predicted octanol–water partition coefficient (Wildman–Crippen LogP) is -0.387. The Morgan fingerprint density at radius 3 is 2.00 bits per heavy atom. The number of hydrogen-bond donors (Lipinski definition) is 2. The zero-order chi connectivity index (χ0) is 7.65. The van der Waals surface area contributed by atoms with Crippen LogP contribution in [0.5, 0.6) is 0 Å². The van der Waals surface area contributed by atoms with E-state index in [0.717, 1.165) is 6.92 Å². The van der Waals surface area contributed by atoms with Crippen molar-refractivity contribution in [3.63, 3.8) is 0 Å².